The third-order valence-corrected chi connectivity index (χ3v) is 7.18. The molecule has 0 saturated heterocycles. The van der Waals surface area contributed by atoms with E-state index in [4.69, 9.17) is 9.15 Å². The lowest BCUT2D eigenvalue weighted by molar-refractivity contribution is -0.116. The summed E-state index contributed by atoms with van der Waals surface area (Å²) in [5.41, 5.74) is 1.68. The molecule has 1 fully saturated rings. The van der Waals surface area contributed by atoms with Gasteiger partial charge in [-0.1, -0.05) is 49.4 Å². The molecule has 4 rings (SSSR count). The minimum atomic E-state index is -0.614. The number of aromatic hydroxyl groups is 1. The number of carbonyl (C=O) groups is 2. The SMILES string of the molecule is CCC(Cc1cc(O)c(C(c2cccc(NC(=O)CCNC(=O)OC(C)(C)C)c2)C2CC2)c(=O)o1)c1ccccc1. The molecule has 8 heteroatoms. The molecule has 3 aromatic rings. The molecule has 2 unspecified atom stereocenters. The summed E-state index contributed by atoms with van der Waals surface area (Å²) in [5.74, 6) is 0.162. The number of alkyl carbamates (subject to hydrolysis) is 1. The molecule has 1 aromatic heterocycles. The largest absolute Gasteiger partial charge is 0.507 e. The number of nitrogens with one attached hydrogen (secondary N) is 2. The van der Waals surface area contributed by atoms with Gasteiger partial charge in [0.05, 0.1) is 5.56 Å². The molecule has 2 aromatic carbocycles. The predicted octanol–water partition coefficient (Wildman–Crippen LogP) is 6.48. The molecule has 1 aliphatic carbocycles. The molecule has 0 radical (unpaired) electrons. The van der Waals surface area contributed by atoms with Crippen LogP contribution in [0.4, 0.5) is 10.5 Å². The van der Waals surface area contributed by atoms with Gasteiger partial charge in [-0.3, -0.25) is 4.79 Å². The van der Waals surface area contributed by atoms with E-state index >= 15 is 0 Å². The Hall–Kier alpha value is -4.07. The fourth-order valence-electron chi connectivity index (χ4n) is 5.12. The number of anilines is 1. The summed E-state index contributed by atoms with van der Waals surface area (Å²) < 4.78 is 11.0. The van der Waals surface area contributed by atoms with E-state index in [1.807, 2.05) is 36.4 Å². The maximum Gasteiger partial charge on any atom is 0.407 e. The molecule has 3 N–H and O–H groups in total. The van der Waals surface area contributed by atoms with Crippen LogP contribution in [0.15, 0.2) is 69.9 Å². The molecular formula is C33H40N2O6. The van der Waals surface area contributed by atoms with Crippen LogP contribution < -0.4 is 16.3 Å². The van der Waals surface area contributed by atoms with Gasteiger partial charge in [-0.15, -0.1) is 0 Å². The van der Waals surface area contributed by atoms with Crippen LogP contribution in [0.3, 0.4) is 0 Å². The molecule has 0 spiro atoms. The number of benzene rings is 2. The van der Waals surface area contributed by atoms with E-state index in [0.717, 1.165) is 30.4 Å². The zero-order chi connectivity index (χ0) is 29.6. The Labute approximate surface area is 241 Å². The van der Waals surface area contributed by atoms with Gasteiger partial charge < -0.3 is 24.9 Å². The fourth-order valence-corrected chi connectivity index (χ4v) is 5.12. The number of ether oxygens (including phenoxy) is 1. The van der Waals surface area contributed by atoms with Crippen molar-refractivity contribution >= 4 is 17.7 Å². The molecule has 1 saturated carbocycles. The van der Waals surface area contributed by atoms with E-state index in [-0.39, 0.29) is 47.9 Å². The number of carbonyl (C=O) groups excluding carboxylic acids is 2. The van der Waals surface area contributed by atoms with Gasteiger partial charge in [0.15, 0.2) is 0 Å². The van der Waals surface area contributed by atoms with Crippen molar-refractivity contribution in [3.8, 4) is 5.75 Å². The molecule has 2 atom stereocenters. The first-order valence-corrected chi connectivity index (χ1v) is 14.3. The van der Waals surface area contributed by atoms with Crippen LogP contribution in [0.25, 0.3) is 0 Å². The van der Waals surface area contributed by atoms with Crippen LogP contribution >= 0.6 is 0 Å². The van der Waals surface area contributed by atoms with E-state index in [1.165, 1.54) is 0 Å². The van der Waals surface area contributed by atoms with Gasteiger partial charge in [-0.2, -0.15) is 0 Å². The third kappa shape index (κ3) is 8.46. The van der Waals surface area contributed by atoms with Crippen molar-refractivity contribution in [2.75, 3.05) is 11.9 Å². The van der Waals surface area contributed by atoms with Crippen molar-refractivity contribution in [3.63, 3.8) is 0 Å². The van der Waals surface area contributed by atoms with E-state index < -0.39 is 17.3 Å². The van der Waals surface area contributed by atoms with Crippen molar-refractivity contribution in [1.29, 1.82) is 0 Å². The Morgan fingerprint density at radius 3 is 2.39 bits per heavy atom. The van der Waals surface area contributed by atoms with Gasteiger partial charge in [-0.25, -0.2) is 9.59 Å². The number of rotatable bonds is 11. The third-order valence-electron chi connectivity index (χ3n) is 7.18. The maximum atomic E-state index is 13.3. The minimum Gasteiger partial charge on any atom is -0.507 e. The minimum absolute atomic E-state index is 0.0567. The van der Waals surface area contributed by atoms with Gasteiger partial charge in [0.2, 0.25) is 5.91 Å². The summed E-state index contributed by atoms with van der Waals surface area (Å²) in [6, 6.07) is 19.0. The van der Waals surface area contributed by atoms with E-state index in [1.54, 1.807) is 32.9 Å². The second-order valence-corrected chi connectivity index (χ2v) is 11.7. The summed E-state index contributed by atoms with van der Waals surface area (Å²) in [6.45, 7) is 7.54. The van der Waals surface area contributed by atoms with Crippen LogP contribution in [-0.4, -0.2) is 29.3 Å². The molecule has 218 valence electrons. The van der Waals surface area contributed by atoms with Gasteiger partial charge in [0, 0.05) is 37.1 Å². The lowest BCUT2D eigenvalue weighted by Gasteiger charge is -2.20. The quantitative estimate of drug-likeness (QED) is 0.247. The van der Waals surface area contributed by atoms with Crippen molar-refractivity contribution in [2.45, 2.75) is 77.2 Å². The first-order valence-electron chi connectivity index (χ1n) is 14.3. The van der Waals surface area contributed by atoms with Crippen molar-refractivity contribution < 1.29 is 23.8 Å². The normalized spacial score (nSPS) is 14.6. The Balaban J connectivity index is 1.47. The average molecular weight is 561 g/mol. The lowest BCUT2D eigenvalue weighted by Crippen LogP contribution is -2.34. The lowest BCUT2D eigenvalue weighted by atomic mass is 9.86. The molecular weight excluding hydrogens is 520 g/mol. The molecule has 2 amide bonds. The zero-order valence-electron chi connectivity index (χ0n) is 24.2. The number of amides is 2. The van der Waals surface area contributed by atoms with Crippen LogP contribution in [0.5, 0.6) is 5.75 Å². The van der Waals surface area contributed by atoms with Gasteiger partial charge in [0.25, 0.3) is 0 Å². The van der Waals surface area contributed by atoms with Crippen LogP contribution in [0.1, 0.15) is 87.7 Å². The molecule has 8 nitrogen and oxygen atoms in total. The summed E-state index contributed by atoms with van der Waals surface area (Å²) >= 11 is 0. The molecule has 1 heterocycles. The smallest absolute Gasteiger partial charge is 0.407 e. The predicted molar refractivity (Wildman–Crippen MR) is 158 cm³/mol. The number of hydrogen-bond donors (Lipinski definition) is 3. The second kappa shape index (κ2) is 13.1. The second-order valence-electron chi connectivity index (χ2n) is 11.7. The topological polar surface area (TPSA) is 118 Å². The number of hydrogen-bond acceptors (Lipinski definition) is 6. The first-order chi connectivity index (χ1) is 19.5. The first kappa shape index (κ1) is 29.9. The summed E-state index contributed by atoms with van der Waals surface area (Å²) in [5, 5.41) is 16.5. The highest BCUT2D eigenvalue weighted by Gasteiger charge is 2.37. The van der Waals surface area contributed by atoms with Gasteiger partial charge >= 0.3 is 11.7 Å². The van der Waals surface area contributed by atoms with Gasteiger partial charge in [0.1, 0.15) is 17.1 Å². The Morgan fingerprint density at radius 2 is 1.76 bits per heavy atom. The molecule has 41 heavy (non-hydrogen) atoms. The Morgan fingerprint density at radius 1 is 1.05 bits per heavy atom. The van der Waals surface area contributed by atoms with Crippen LogP contribution in [-0.2, 0) is 16.0 Å². The highest BCUT2D eigenvalue weighted by molar-refractivity contribution is 5.91. The van der Waals surface area contributed by atoms with Crippen molar-refractivity contribution in [3.05, 3.63) is 93.5 Å². The molecule has 1 aliphatic rings. The monoisotopic (exact) mass is 560 g/mol. The Kier molecular flexibility index (Phi) is 9.53. The standard InChI is InChI=1S/C33H40N2O6/c1-5-21(22-10-7-6-8-11-22)19-26-20-27(36)30(31(38)40-26)29(23-14-15-23)24-12-9-13-25(18-24)35-28(37)16-17-34-32(39)41-33(2,3)4/h6-13,18,20-21,23,29,36H,5,14-17,19H2,1-4H3,(H,34,39)(H,35,37). The van der Waals surface area contributed by atoms with E-state index in [9.17, 15) is 19.5 Å². The summed E-state index contributed by atoms with van der Waals surface area (Å²) in [4.78, 5) is 37.6. The highest BCUT2D eigenvalue weighted by atomic mass is 16.6. The van der Waals surface area contributed by atoms with E-state index in [2.05, 4.69) is 29.7 Å². The zero-order valence-corrected chi connectivity index (χ0v) is 24.2. The Bertz CT molecular complexity index is 1410. The summed E-state index contributed by atoms with van der Waals surface area (Å²) in [7, 11) is 0. The van der Waals surface area contributed by atoms with Crippen LogP contribution in [0, 0.1) is 5.92 Å². The van der Waals surface area contributed by atoms with Crippen LogP contribution in [0.2, 0.25) is 0 Å². The fraction of sp³-hybridized carbons (Fsp3) is 0.424. The van der Waals surface area contributed by atoms with Crippen molar-refractivity contribution in [2.24, 2.45) is 5.92 Å². The van der Waals surface area contributed by atoms with Crippen molar-refractivity contribution in [1.82, 2.24) is 5.32 Å². The van der Waals surface area contributed by atoms with Gasteiger partial charge in [-0.05, 0) is 75.1 Å². The summed E-state index contributed by atoms with van der Waals surface area (Å²) in [6.07, 6.45) is 2.75. The average Bonchev–Trinajstić information content (AvgIpc) is 3.74. The maximum absolute atomic E-state index is 13.3. The molecule has 0 aliphatic heterocycles. The van der Waals surface area contributed by atoms with E-state index in [0.29, 0.717) is 17.9 Å². The highest BCUT2D eigenvalue weighted by Crippen LogP contribution is 2.48. The molecule has 0 bridgehead atoms.